The zero-order valence-corrected chi connectivity index (χ0v) is 15.8. The van der Waals surface area contributed by atoms with E-state index in [4.69, 9.17) is 9.47 Å². The lowest BCUT2D eigenvalue weighted by molar-refractivity contribution is 0.102. The molecule has 0 unspecified atom stereocenters. The number of nitrogens with zero attached hydrogens (tertiary/aromatic N) is 1. The zero-order chi connectivity index (χ0) is 20.8. The number of anilines is 2. The van der Waals surface area contributed by atoms with Gasteiger partial charge in [-0.1, -0.05) is 6.07 Å². The van der Waals surface area contributed by atoms with Gasteiger partial charge in [0, 0.05) is 24.4 Å². The summed E-state index contributed by atoms with van der Waals surface area (Å²) in [7, 11) is 3.12. The number of nitrogens with one attached hydrogen (secondary N) is 2. The largest absolute Gasteiger partial charge is 0.493 e. The topological polar surface area (TPSA) is 72.5 Å². The number of pyridine rings is 1. The van der Waals surface area contributed by atoms with Gasteiger partial charge in [-0.3, -0.25) is 4.79 Å². The van der Waals surface area contributed by atoms with E-state index in [0.717, 1.165) is 11.6 Å². The van der Waals surface area contributed by atoms with Crippen LogP contribution in [0.15, 0.2) is 54.7 Å². The number of carbonyl (C=O) groups is 1. The number of amides is 1. The van der Waals surface area contributed by atoms with Crippen molar-refractivity contribution in [3.05, 3.63) is 77.5 Å². The summed E-state index contributed by atoms with van der Waals surface area (Å²) in [4.78, 5) is 16.6. The van der Waals surface area contributed by atoms with Crippen LogP contribution in [0.4, 0.5) is 20.3 Å². The lowest BCUT2D eigenvalue weighted by Crippen LogP contribution is -2.14. The van der Waals surface area contributed by atoms with Crippen LogP contribution in [0.3, 0.4) is 0 Å². The van der Waals surface area contributed by atoms with Crippen LogP contribution in [0.25, 0.3) is 0 Å². The van der Waals surface area contributed by atoms with Crippen molar-refractivity contribution in [2.75, 3.05) is 24.9 Å². The van der Waals surface area contributed by atoms with E-state index in [1.165, 1.54) is 24.4 Å². The standard InChI is InChI=1S/C21H19F2N3O3/c1-28-18-6-3-13(9-19(18)29-2)12-25-20-10-14(7-8-24-20)21(27)26-17-5-4-15(22)11-16(17)23/h3-11H,12H2,1-2H3,(H,24,25)(H,26,27). The van der Waals surface area contributed by atoms with Gasteiger partial charge in [-0.05, 0) is 42.0 Å². The highest BCUT2D eigenvalue weighted by molar-refractivity contribution is 6.04. The predicted molar refractivity (Wildman–Crippen MR) is 105 cm³/mol. The van der Waals surface area contributed by atoms with Gasteiger partial charge in [0.25, 0.3) is 5.91 Å². The molecule has 0 saturated carbocycles. The summed E-state index contributed by atoms with van der Waals surface area (Å²) in [6.45, 7) is 0.436. The number of benzene rings is 2. The Hall–Kier alpha value is -3.68. The summed E-state index contributed by atoms with van der Waals surface area (Å²) in [5.74, 6) is -0.403. The Kier molecular flexibility index (Phi) is 6.23. The summed E-state index contributed by atoms with van der Waals surface area (Å²) < 4.78 is 37.2. The van der Waals surface area contributed by atoms with Gasteiger partial charge < -0.3 is 20.1 Å². The van der Waals surface area contributed by atoms with Crippen molar-refractivity contribution in [3.8, 4) is 11.5 Å². The van der Waals surface area contributed by atoms with Crippen LogP contribution in [0.5, 0.6) is 11.5 Å². The van der Waals surface area contributed by atoms with Crippen LogP contribution in [0, 0.1) is 11.6 Å². The second-order valence-corrected chi connectivity index (χ2v) is 6.05. The van der Waals surface area contributed by atoms with Crippen molar-refractivity contribution < 1.29 is 23.0 Å². The van der Waals surface area contributed by atoms with Crippen molar-refractivity contribution in [2.45, 2.75) is 6.54 Å². The average molecular weight is 399 g/mol. The number of aromatic nitrogens is 1. The van der Waals surface area contributed by atoms with Crippen LogP contribution in [-0.4, -0.2) is 25.1 Å². The molecule has 1 aromatic heterocycles. The predicted octanol–water partition coefficient (Wildman–Crippen LogP) is 4.24. The smallest absolute Gasteiger partial charge is 0.255 e. The van der Waals surface area contributed by atoms with Crippen molar-refractivity contribution in [2.24, 2.45) is 0 Å². The molecule has 150 valence electrons. The molecular formula is C21H19F2N3O3. The first-order chi connectivity index (χ1) is 14.0. The van der Waals surface area contributed by atoms with Crippen molar-refractivity contribution in [1.29, 1.82) is 0 Å². The Bertz CT molecular complexity index is 1030. The number of rotatable bonds is 7. The molecule has 0 spiro atoms. The van der Waals surface area contributed by atoms with Gasteiger partial charge in [0.15, 0.2) is 11.5 Å². The molecule has 2 N–H and O–H groups in total. The van der Waals surface area contributed by atoms with E-state index in [2.05, 4.69) is 15.6 Å². The van der Waals surface area contributed by atoms with Crippen LogP contribution < -0.4 is 20.1 Å². The summed E-state index contributed by atoms with van der Waals surface area (Å²) in [5, 5.41) is 5.53. The zero-order valence-electron chi connectivity index (χ0n) is 15.8. The van der Waals surface area contributed by atoms with Gasteiger partial charge in [-0.15, -0.1) is 0 Å². The Morgan fingerprint density at radius 3 is 2.52 bits per heavy atom. The Morgan fingerprint density at radius 1 is 1.00 bits per heavy atom. The summed E-state index contributed by atoms with van der Waals surface area (Å²) in [6.07, 6.45) is 1.47. The molecule has 1 amide bonds. The fourth-order valence-corrected chi connectivity index (χ4v) is 2.64. The number of halogens is 2. The first-order valence-electron chi connectivity index (χ1n) is 8.67. The second-order valence-electron chi connectivity index (χ2n) is 6.05. The molecule has 0 aliphatic carbocycles. The SMILES string of the molecule is COc1ccc(CNc2cc(C(=O)Nc3ccc(F)cc3F)ccn2)cc1OC. The Morgan fingerprint density at radius 2 is 1.79 bits per heavy atom. The van der Waals surface area contributed by atoms with Crippen molar-refractivity contribution >= 4 is 17.4 Å². The Balaban J connectivity index is 1.68. The van der Waals surface area contributed by atoms with Gasteiger partial charge in [0.1, 0.15) is 17.5 Å². The molecule has 0 saturated heterocycles. The summed E-state index contributed by atoms with van der Waals surface area (Å²) in [6, 6.07) is 11.5. The van der Waals surface area contributed by atoms with E-state index >= 15 is 0 Å². The van der Waals surface area contributed by atoms with Crippen molar-refractivity contribution in [1.82, 2.24) is 4.98 Å². The van der Waals surface area contributed by atoms with Gasteiger partial charge in [0.2, 0.25) is 0 Å². The number of hydrogen-bond acceptors (Lipinski definition) is 5. The van der Waals surface area contributed by atoms with E-state index in [1.54, 1.807) is 20.3 Å². The normalized spacial score (nSPS) is 10.3. The summed E-state index contributed by atoms with van der Waals surface area (Å²) >= 11 is 0. The highest BCUT2D eigenvalue weighted by Crippen LogP contribution is 2.27. The number of carbonyl (C=O) groups excluding carboxylic acids is 1. The van der Waals surface area contributed by atoms with Crippen LogP contribution in [-0.2, 0) is 6.54 Å². The van der Waals surface area contributed by atoms with E-state index < -0.39 is 17.5 Å². The fourth-order valence-electron chi connectivity index (χ4n) is 2.64. The molecule has 8 heteroatoms. The molecule has 6 nitrogen and oxygen atoms in total. The number of ether oxygens (including phenoxy) is 2. The molecule has 29 heavy (non-hydrogen) atoms. The lowest BCUT2D eigenvalue weighted by atomic mass is 10.2. The Labute approximate surface area is 166 Å². The highest BCUT2D eigenvalue weighted by Gasteiger charge is 2.11. The fraction of sp³-hybridized carbons (Fsp3) is 0.143. The maximum Gasteiger partial charge on any atom is 0.255 e. The van der Waals surface area contributed by atoms with Crippen molar-refractivity contribution in [3.63, 3.8) is 0 Å². The van der Waals surface area contributed by atoms with Gasteiger partial charge in [0.05, 0.1) is 19.9 Å². The van der Waals surface area contributed by atoms with E-state index in [9.17, 15) is 13.6 Å². The van der Waals surface area contributed by atoms with E-state index in [-0.39, 0.29) is 11.3 Å². The molecule has 0 radical (unpaired) electrons. The van der Waals surface area contributed by atoms with Gasteiger partial charge in [-0.2, -0.15) is 0 Å². The molecule has 0 aliphatic heterocycles. The minimum absolute atomic E-state index is 0.104. The first kappa shape index (κ1) is 20.1. The second kappa shape index (κ2) is 9.01. The third kappa shape index (κ3) is 4.98. The van der Waals surface area contributed by atoms with Crippen LogP contribution in [0.2, 0.25) is 0 Å². The lowest BCUT2D eigenvalue weighted by Gasteiger charge is -2.11. The molecule has 2 aromatic carbocycles. The molecule has 0 aliphatic rings. The molecule has 0 atom stereocenters. The molecule has 1 heterocycles. The third-order valence-electron chi connectivity index (χ3n) is 4.12. The monoisotopic (exact) mass is 399 g/mol. The quantitative estimate of drug-likeness (QED) is 0.622. The average Bonchev–Trinajstić information content (AvgIpc) is 2.74. The maximum absolute atomic E-state index is 13.7. The molecule has 0 bridgehead atoms. The number of methoxy groups -OCH3 is 2. The molecule has 3 aromatic rings. The van der Waals surface area contributed by atoms with E-state index in [1.807, 2.05) is 12.1 Å². The third-order valence-corrected chi connectivity index (χ3v) is 4.12. The minimum atomic E-state index is -0.848. The highest BCUT2D eigenvalue weighted by atomic mass is 19.1. The van der Waals surface area contributed by atoms with Gasteiger partial charge >= 0.3 is 0 Å². The first-order valence-corrected chi connectivity index (χ1v) is 8.67. The maximum atomic E-state index is 13.7. The molecule has 3 rings (SSSR count). The van der Waals surface area contributed by atoms with E-state index in [0.29, 0.717) is 29.9 Å². The molecule has 0 fully saturated rings. The number of hydrogen-bond donors (Lipinski definition) is 2. The minimum Gasteiger partial charge on any atom is -0.493 e. The molecular weight excluding hydrogens is 380 g/mol. The van der Waals surface area contributed by atoms with Gasteiger partial charge in [-0.25, -0.2) is 13.8 Å². The summed E-state index contributed by atoms with van der Waals surface area (Å²) in [5.41, 5.74) is 1.10. The van der Waals surface area contributed by atoms with Crippen LogP contribution >= 0.6 is 0 Å². The van der Waals surface area contributed by atoms with Crippen LogP contribution in [0.1, 0.15) is 15.9 Å².